The molecule has 0 radical (unpaired) electrons. The molecule has 0 N–H and O–H groups in total. The smallest absolute Gasteiger partial charge is 0.187 e. The van der Waals surface area contributed by atoms with E-state index in [1.807, 2.05) is 35.6 Å². The highest BCUT2D eigenvalue weighted by atomic mass is 32.2. The maximum Gasteiger partial charge on any atom is 0.187 e. The van der Waals surface area contributed by atoms with Crippen molar-refractivity contribution in [2.24, 2.45) is 0 Å². The molecule has 0 fully saturated rings. The van der Waals surface area contributed by atoms with Gasteiger partial charge in [-0.3, -0.25) is 0 Å². The van der Waals surface area contributed by atoms with Crippen molar-refractivity contribution in [3.63, 3.8) is 0 Å². The fourth-order valence-electron chi connectivity index (χ4n) is 3.59. The molecule has 0 amide bonds. The Morgan fingerprint density at radius 2 is 1.43 bits per heavy atom. The van der Waals surface area contributed by atoms with Crippen molar-refractivity contribution in [1.29, 1.82) is 5.26 Å². The number of nitrogens with zero attached hydrogens (tertiary/aromatic N) is 2. The number of nitriles is 1. The van der Waals surface area contributed by atoms with Gasteiger partial charge in [0.25, 0.3) is 0 Å². The van der Waals surface area contributed by atoms with Gasteiger partial charge in [-0.05, 0) is 48.5 Å². The Hall–Kier alpha value is -3.57. The van der Waals surface area contributed by atoms with E-state index in [0.29, 0.717) is 11.3 Å². The van der Waals surface area contributed by atoms with Crippen LogP contribution in [0.3, 0.4) is 0 Å². The van der Waals surface area contributed by atoms with E-state index >= 15 is 0 Å². The summed E-state index contributed by atoms with van der Waals surface area (Å²) in [4.78, 5) is 7.13. The third kappa shape index (κ3) is 3.13. The average molecular weight is 420 g/mol. The highest BCUT2D eigenvalue weighted by Gasteiger charge is 2.31. The van der Waals surface area contributed by atoms with Crippen LogP contribution in [0.15, 0.2) is 106 Å². The van der Waals surface area contributed by atoms with Crippen molar-refractivity contribution >= 4 is 48.1 Å². The standard InChI is InChI=1S/C26H15N2S2/c1-28-19-11-15-21(16-12-19)30(20-13-9-18(17-27)10-14-20)25-8-4-6-23-22-5-2-3-7-24(22)29-26(23)25/h2-16H/q+1. The Morgan fingerprint density at radius 1 is 0.767 bits per heavy atom. The number of hydrogen-bond acceptors (Lipinski definition) is 2. The van der Waals surface area contributed by atoms with Crippen LogP contribution in [0.1, 0.15) is 5.56 Å². The molecule has 5 aromatic rings. The lowest BCUT2D eigenvalue weighted by Crippen LogP contribution is -2.05. The summed E-state index contributed by atoms with van der Waals surface area (Å²) >= 11 is 1.83. The van der Waals surface area contributed by atoms with Crippen LogP contribution in [0.5, 0.6) is 0 Å². The summed E-state index contributed by atoms with van der Waals surface area (Å²) in [6, 6.07) is 33.0. The van der Waals surface area contributed by atoms with Gasteiger partial charge >= 0.3 is 0 Å². The molecule has 0 aliphatic rings. The fraction of sp³-hybridized carbons (Fsp3) is 0. The lowest BCUT2D eigenvalue weighted by atomic mass is 10.1. The molecule has 4 heteroatoms. The van der Waals surface area contributed by atoms with E-state index in [1.165, 1.54) is 25.1 Å². The van der Waals surface area contributed by atoms with Gasteiger partial charge in [0.05, 0.1) is 22.9 Å². The van der Waals surface area contributed by atoms with Gasteiger partial charge in [-0.2, -0.15) is 5.26 Å². The van der Waals surface area contributed by atoms with E-state index in [4.69, 9.17) is 6.57 Å². The molecule has 0 saturated heterocycles. The van der Waals surface area contributed by atoms with Gasteiger partial charge < -0.3 is 0 Å². The predicted molar refractivity (Wildman–Crippen MR) is 125 cm³/mol. The summed E-state index contributed by atoms with van der Waals surface area (Å²) in [5.74, 6) is 0. The normalized spacial score (nSPS) is 11.8. The molecular formula is C26H15N2S2+. The minimum Gasteiger partial charge on any atom is -0.238 e. The first-order valence-electron chi connectivity index (χ1n) is 9.41. The monoisotopic (exact) mass is 419 g/mol. The summed E-state index contributed by atoms with van der Waals surface area (Å²) in [7, 11) is -0.338. The largest absolute Gasteiger partial charge is 0.238 e. The first-order chi connectivity index (χ1) is 14.8. The summed E-state index contributed by atoms with van der Waals surface area (Å²) in [6.07, 6.45) is 0. The molecule has 2 nitrogen and oxygen atoms in total. The Bertz CT molecular complexity index is 1390. The van der Waals surface area contributed by atoms with E-state index in [1.54, 1.807) is 0 Å². The zero-order valence-corrected chi connectivity index (χ0v) is 17.5. The number of rotatable bonds is 3. The van der Waals surface area contributed by atoms with Crippen molar-refractivity contribution < 1.29 is 0 Å². The van der Waals surface area contributed by atoms with Crippen LogP contribution in [0, 0.1) is 17.9 Å². The van der Waals surface area contributed by atoms with Gasteiger partial charge in [0.15, 0.2) is 20.4 Å². The third-order valence-electron chi connectivity index (χ3n) is 5.01. The predicted octanol–water partition coefficient (Wildman–Crippen LogP) is 7.57. The topological polar surface area (TPSA) is 28.1 Å². The van der Waals surface area contributed by atoms with Gasteiger partial charge in [0, 0.05) is 15.5 Å². The molecule has 1 atom stereocenters. The Balaban J connectivity index is 1.77. The zero-order valence-electron chi connectivity index (χ0n) is 15.9. The molecule has 4 aromatic carbocycles. The summed E-state index contributed by atoms with van der Waals surface area (Å²) in [5.41, 5.74) is 1.30. The van der Waals surface area contributed by atoms with Gasteiger partial charge in [-0.25, -0.2) is 4.85 Å². The molecule has 5 rings (SSSR count). The van der Waals surface area contributed by atoms with Crippen LogP contribution < -0.4 is 0 Å². The van der Waals surface area contributed by atoms with Crippen LogP contribution in [-0.2, 0) is 10.9 Å². The van der Waals surface area contributed by atoms with E-state index < -0.39 is 0 Å². The maximum absolute atomic E-state index is 9.21. The SMILES string of the molecule is [C-]#[N+]c1ccc([S+](c2ccc(C#N)cc2)c2cccc3c2sc2ccccc23)cc1. The lowest BCUT2D eigenvalue weighted by Gasteiger charge is -2.09. The molecule has 1 aromatic heterocycles. The van der Waals surface area contributed by atoms with Crippen LogP contribution in [0.25, 0.3) is 25.0 Å². The van der Waals surface area contributed by atoms with Gasteiger partial charge in [0.1, 0.15) is 10.9 Å². The summed E-state index contributed by atoms with van der Waals surface area (Å²) in [6.45, 7) is 7.26. The second-order valence-corrected chi connectivity index (χ2v) is 9.83. The van der Waals surface area contributed by atoms with E-state index in [-0.39, 0.29) is 10.9 Å². The van der Waals surface area contributed by atoms with Gasteiger partial charge in [-0.1, -0.05) is 42.5 Å². The summed E-state index contributed by atoms with van der Waals surface area (Å²) < 4.78 is 2.58. The van der Waals surface area contributed by atoms with E-state index in [9.17, 15) is 5.26 Å². The van der Waals surface area contributed by atoms with E-state index in [0.717, 1.165) is 9.79 Å². The second kappa shape index (κ2) is 7.69. The number of hydrogen-bond donors (Lipinski definition) is 0. The zero-order chi connectivity index (χ0) is 20.5. The van der Waals surface area contributed by atoms with Gasteiger partial charge in [0.2, 0.25) is 0 Å². The molecule has 0 bridgehead atoms. The molecule has 0 spiro atoms. The van der Waals surface area contributed by atoms with Crippen molar-refractivity contribution in [1.82, 2.24) is 0 Å². The third-order valence-corrected chi connectivity index (χ3v) is 8.62. The molecule has 30 heavy (non-hydrogen) atoms. The second-order valence-electron chi connectivity index (χ2n) is 6.78. The minimum atomic E-state index is -0.338. The number of fused-ring (bicyclic) bond motifs is 3. The molecule has 1 unspecified atom stereocenters. The molecular weight excluding hydrogens is 404 g/mol. The van der Waals surface area contributed by atoms with Crippen LogP contribution in [0.2, 0.25) is 0 Å². The minimum absolute atomic E-state index is 0.338. The molecule has 1 heterocycles. The van der Waals surface area contributed by atoms with Crippen LogP contribution in [-0.4, -0.2) is 0 Å². The summed E-state index contributed by atoms with van der Waals surface area (Å²) in [5, 5.41) is 11.8. The van der Waals surface area contributed by atoms with Crippen LogP contribution >= 0.6 is 11.3 Å². The quantitative estimate of drug-likeness (QED) is 0.219. The van der Waals surface area contributed by atoms with Crippen molar-refractivity contribution in [3.05, 3.63) is 108 Å². The fourth-order valence-corrected chi connectivity index (χ4v) is 7.19. The molecule has 0 saturated carbocycles. The molecule has 140 valence electrons. The molecule has 0 aliphatic carbocycles. The molecule has 0 aliphatic heterocycles. The first kappa shape index (κ1) is 18.5. The van der Waals surface area contributed by atoms with Crippen LogP contribution in [0.4, 0.5) is 5.69 Å². The highest BCUT2D eigenvalue weighted by Crippen LogP contribution is 2.42. The number of thiophene rings is 1. The van der Waals surface area contributed by atoms with Crippen molar-refractivity contribution in [3.8, 4) is 6.07 Å². The first-order valence-corrected chi connectivity index (χ1v) is 11.4. The Kier molecular flexibility index (Phi) is 4.73. The van der Waals surface area contributed by atoms with Gasteiger partial charge in [-0.15, -0.1) is 11.3 Å². The number of benzene rings is 4. The van der Waals surface area contributed by atoms with Crippen molar-refractivity contribution in [2.45, 2.75) is 14.7 Å². The average Bonchev–Trinajstić information content (AvgIpc) is 3.20. The maximum atomic E-state index is 9.21. The highest BCUT2D eigenvalue weighted by molar-refractivity contribution is 7.97. The Morgan fingerprint density at radius 3 is 2.13 bits per heavy atom. The van der Waals surface area contributed by atoms with Crippen molar-refractivity contribution in [2.75, 3.05) is 0 Å². The van der Waals surface area contributed by atoms with E-state index in [2.05, 4.69) is 77.6 Å². The Labute approximate surface area is 181 Å². The lowest BCUT2D eigenvalue weighted by molar-refractivity contribution is 1.34.